The second-order valence-corrected chi connectivity index (χ2v) is 5.19. The predicted molar refractivity (Wildman–Crippen MR) is 80.8 cm³/mol. The van der Waals surface area contributed by atoms with Crippen LogP contribution in [0.3, 0.4) is 0 Å². The van der Waals surface area contributed by atoms with E-state index in [1.807, 2.05) is 20.8 Å². The molecule has 0 radical (unpaired) electrons. The Morgan fingerprint density at radius 2 is 1.67 bits per heavy atom. The van der Waals surface area contributed by atoms with Crippen LogP contribution in [0.5, 0.6) is 0 Å². The number of hydrogen-bond donors (Lipinski definition) is 2. The van der Waals surface area contributed by atoms with Crippen LogP contribution in [0, 0.1) is 5.92 Å². The second kappa shape index (κ2) is 10.2. The van der Waals surface area contributed by atoms with E-state index in [9.17, 15) is 14.4 Å². The molecular weight excluding hydrogens is 272 g/mol. The Labute approximate surface area is 126 Å². The van der Waals surface area contributed by atoms with Crippen molar-refractivity contribution in [1.82, 2.24) is 10.2 Å². The lowest BCUT2D eigenvalue weighted by molar-refractivity contribution is -0.143. The molecule has 0 saturated heterocycles. The summed E-state index contributed by atoms with van der Waals surface area (Å²) in [6.45, 7) is 8.83. The van der Waals surface area contributed by atoms with Crippen molar-refractivity contribution in [2.45, 2.75) is 59.4 Å². The van der Waals surface area contributed by atoms with Gasteiger partial charge < -0.3 is 15.3 Å². The Morgan fingerprint density at radius 1 is 1.10 bits per heavy atom. The van der Waals surface area contributed by atoms with E-state index in [1.54, 1.807) is 11.8 Å². The molecule has 6 nitrogen and oxygen atoms in total. The fourth-order valence-electron chi connectivity index (χ4n) is 2.06. The minimum absolute atomic E-state index is 0.0320. The third-order valence-corrected chi connectivity index (χ3v) is 3.71. The van der Waals surface area contributed by atoms with E-state index in [4.69, 9.17) is 5.11 Å². The van der Waals surface area contributed by atoms with Gasteiger partial charge in [0.15, 0.2) is 0 Å². The van der Waals surface area contributed by atoms with Crippen molar-refractivity contribution in [3.05, 3.63) is 0 Å². The summed E-state index contributed by atoms with van der Waals surface area (Å²) < 4.78 is 0. The van der Waals surface area contributed by atoms with E-state index < -0.39 is 12.0 Å². The minimum Gasteiger partial charge on any atom is -0.480 e. The largest absolute Gasteiger partial charge is 0.480 e. The number of nitrogens with one attached hydrogen (secondary N) is 1. The highest BCUT2D eigenvalue weighted by Crippen LogP contribution is 2.09. The summed E-state index contributed by atoms with van der Waals surface area (Å²) in [7, 11) is 0. The lowest BCUT2D eigenvalue weighted by Gasteiger charge is -2.20. The molecule has 0 aliphatic carbocycles. The zero-order valence-corrected chi connectivity index (χ0v) is 13.5. The van der Waals surface area contributed by atoms with Gasteiger partial charge in [-0.15, -0.1) is 0 Å². The summed E-state index contributed by atoms with van der Waals surface area (Å²) in [5, 5.41) is 11.6. The average Bonchev–Trinajstić information content (AvgIpc) is 2.45. The first-order valence-corrected chi connectivity index (χ1v) is 7.67. The number of amides is 2. The van der Waals surface area contributed by atoms with Crippen LogP contribution in [0.25, 0.3) is 0 Å². The number of nitrogens with zero attached hydrogens (tertiary/aromatic N) is 1. The van der Waals surface area contributed by atoms with E-state index in [1.165, 1.54) is 0 Å². The number of rotatable bonds is 10. The van der Waals surface area contributed by atoms with Gasteiger partial charge in [0.1, 0.15) is 6.04 Å². The van der Waals surface area contributed by atoms with Crippen LogP contribution in [-0.2, 0) is 14.4 Å². The van der Waals surface area contributed by atoms with Crippen LogP contribution in [0.15, 0.2) is 0 Å². The van der Waals surface area contributed by atoms with E-state index >= 15 is 0 Å². The van der Waals surface area contributed by atoms with Crippen molar-refractivity contribution >= 4 is 17.8 Å². The molecular formula is C15H28N2O4. The van der Waals surface area contributed by atoms with E-state index in [2.05, 4.69) is 5.32 Å². The van der Waals surface area contributed by atoms with Crippen LogP contribution in [0.4, 0.5) is 0 Å². The van der Waals surface area contributed by atoms with Crippen LogP contribution >= 0.6 is 0 Å². The molecule has 6 heteroatoms. The summed E-state index contributed by atoms with van der Waals surface area (Å²) in [6.07, 6.45) is 1.61. The molecule has 0 heterocycles. The van der Waals surface area contributed by atoms with E-state index in [0.717, 1.165) is 0 Å². The fraction of sp³-hybridized carbons (Fsp3) is 0.800. The first kappa shape index (κ1) is 19.4. The van der Waals surface area contributed by atoms with Crippen molar-refractivity contribution in [3.63, 3.8) is 0 Å². The monoisotopic (exact) mass is 300 g/mol. The summed E-state index contributed by atoms with van der Waals surface area (Å²) in [6, 6.07) is -0.860. The second-order valence-electron chi connectivity index (χ2n) is 5.19. The normalized spacial score (nSPS) is 13.3. The highest BCUT2D eigenvalue weighted by molar-refractivity contribution is 5.84. The topological polar surface area (TPSA) is 86.7 Å². The number of carbonyl (C=O) groups excluding carboxylic acids is 2. The maximum absolute atomic E-state index is 11.8. The maximum Gasteiger partial charge on any atom is 0.326 e. The van der Waals surface area contributed by atoms with Crippen LogP contribution in [0.1, 0.15) is 53.4 Å². The van der Waals surface area contributed by atoms with Crippen LogP contribution in [-0.4, -0.2) is 46.9 Å². The molecule has 21 heavy (non-hydrogen) atoms. The molecule has 0 spiro atoms. The summed E-state index contributed by atoms with van der Waals surface area (Å²) in [5.41, 5.74) is 0. The van der Waals surface area contributed by atoms with Crippen molar-refractivity contribution in [2.75, 3.05) is 13.1 Å². The first-order valence-electron chi connectivity index (χ1n) is 7.67. The van der Waals surface area contributed by atoms with Gasteiger partial charge in [0.05, 0.1) is 0 Å². The predicted octanol–water partition coefficient (Wildman–Crippen LogP) is 1.64. The van der Waals surface area contributed by atoms with Gasteiger partial charge in [0, 0.05) is 25.9 Å². The number of carboxylic acid groups (broad SMARTS) is 1. The number of carbonyl (C=O) groups is 3. The molecule has 0 saturated carbocycles. The third-order valence-electron chi connectivity index (χ3n) is 3.71. The maximum atomic E-state index is 11.8. The Morgan fingerprint density at radius 3 is 2.10 bits per heavy atom. The van der Waals surface area contributed by atoms with E-state index in [0.29, 0.717) is 32.4 Å². The molecule has 0 unspecified atom stereocenters. The lowest BCUT2D eigenvalue weighted by atomic mass is 9.99. The Kier molecular flexibility index (Phi) is 9.41. The minimum atomic E-state index is -1.02. The van der Waals surface area contributed by atoms with Gasteiger partial charge in [0.2, 0.25) is 11.8 Å². The van der Waals surface area contributed by atoms with Crippen LogP contribution in [0.2, 0.25) is 0 Å². The molecule has 0 aliphatic heterocycles. The smallest absolute Gasteiger partial charge is 0.326 e. The third kappa shape index (κ3) is 7.11. The van der Waals surface area contributed by atoms with Gasteiger partial charge in [-0.2, -0.15) is 0 Å². The van der Waals surface area contributed by atoms with Crippen LogP contribution < -0.4 is 5.32 Å². The molecule has 122 valence electrons. The van der Waals surface area contributed by atoms with Crippen molar-refractivity contribution in [3.8, 4) is 0 Å². The summed E-state index contributed by atoms with van der Waals surface area (Å²) >= 11 is 0. The molecule has 2 atom stereocenters. The molecule has 0 fully saturated rings. The van der Waals surface area contributed by atoms with E-state index in [-0.39, 0.29) is 24.2 Å². The van der Waals surface area contributed by atoms with Gasteiger partial charge in [-0.05, 0) is 26.2 Å². The van der Waals surface area contributed by atoms with Crippen molar-refractivity contribution in [2.24, 2.45) is 5.92 Å². The molecule has 0 aliphatic rings. The number of hydrogen-bond acceptors (Lipinski definition) is 3. The van der Waals surface area contributed by atoms with Gasteiger partial charge >= 0.3 is 5.97 Å². The van der Waals surface area contributed by atoms with Gasteiger partial charge in [0.25, 0.3) is 0 Å². The average molecular weight is 300 g/mol. The lowest BCUT2D eigenvalue weighted by Crippen LogP contribution is -2.45. The fourth-order valence-corrected chi connectivity index (χ4v) is 2.06. The quantitative estimate of drug-likeness (QED) is 0.642. The highest BCUT2D eigenvalue weighted by atomic mass is 16.4. The zero-order valence-electron chi connectivity index (χ0n) is 13.5. The zero-order chi connectivity index (χ0) is 16.4. The molecule has 2 amide bonds. The summed E-state index contributed by atoms with van der Waals surface area (Å²) in [4.78, 5) is 36.4. The molecule has 0 aromatic carbocycles. The summed E-state index contributed by atoms with van der Waals surface area (Å²) in [5.74, 6) is -1.42. The highest BCUT2D eigenvalue weighted by Gasteiger charge is 2.25. The molecule has 0 aromatic heterocycles. The number of aliphatic carboxylic acids is 1. The number of carboxylic acids is 1. The molecule has 0 rings (SSSR count). The standard InChI is InChI=1S/C15H28N2O4/c1-5-11(4)14(15(20)21)16-12(18)9-8-10-13(19)17(6-2)7-3/h11,14H,5-10H2,1-4H3,(H,16,18)(H,20,21)/t11-,14-/m0/s1. The molecule has 0 aromatic rings. The Balaban J connectivity index is 4.20. The van der Waals surface area contributed by atoms with Gasteiger partial charge in [-0.1, -0.05) is 20.3 Å². The van der Waals surface area contributed by atoms with Gasteiger partial charge in [-0.3, -0.25) is 9.59 Å². The molecule has 0 bridgehead atoms. The Hall–Kier alpha value is -1.59. The first-order chi connectivity index (χ1) is 9.87. The van der Waals surface area contributed by atoms with Gasteiger partial charge in [-0.25, -0.2) is 4.79 Å². The SMILES string of the molecule is CC[C@H](C)[C@H](NC(=O)CCCC(=O)N(CC)CC)C(=O)O. The Bertz CT molecular complexity index is 354. The molecule has 2 N–H and O–H groups in total. The van der Waals surface area contributed by atoms with Crippen molar-refractivity contribution in [1.29, 1.82) is 0 Å². The van der Waals surface area contributed by atoms with Crippen molar-refractivity contribution < 1.29 is 19.5 Å².